The molecular formula is C13H20N4O. The fourth-order valence-electron chi connectivity index (χ4n) is 1.72. The molecule has 0 saturated carbocycles. The van der Waals surface area contributed by atoms with Crippen molar-refractivity contribution in [2.75, 3.05) is 5.73 Å². The van der Waals surface area contributed by atoms with Crippen molar-refractivity contribution in [3.8, 4) is 0 Å². The average Bonchev–Trinajstić information content (AvgIpc) is 2.81. The molecule has 98 valence electrons. The van der Waals surface area contributed by atoms with Gasteiger partial charge in [0.2, 0.25) is 5.89 Å². The number of oxazole rings is 1. The molecule has 0 bridgehead atoms. The maximum absolute atomic E-state index is 5.90. The largest absolute Gasteiger partial charge is 0.443 e. The highest BCUT2D eigenvalue weighted by molar-refractivity contribution is 5.46. The van der Waals surface area contributed by atoms with Crippen molar-refractivity contribution in [1.29, 1.82) is 0 Å². The van der Waals surface area contributed by atoms with Gasteiger partial charge in [-0.15, -0.1) is 0 Å². The summed E-state index contributed by atoms with van der Waals surface area (Å²) in [6.07, 6.45) is 1.78. The van der Waals surface area contributed by atoms with Crippen LogP contribution in [-0.2, 0) is 12.0 Å². The molecule has 2 heterocycles. The van der Waals surface area contributed by atoms with Gasteiger partial charge in [0.05, 0.1) is 23.3 Å². The van der Waals surface area contributed by atoms with Crippen molar-refractivity contribution in [1.82, 2.24) is 14.8 Å². The molecule has 0 atom stereocenters. The van der Waals surface area contributed by atoms with Gasteiger partial charge >= 0.3 is 0 Å². The van der Waals surface area contributed by atoms with Gasteiger partial charge in [0.1, 0.15) is 12.3 Å². The van der Waals surface area contributed by atoms with Gasteiger partial charge < -0.3 is 10.2 Å². The molecule has 0 amide bonds. The number of hydrogen-bond acceptors (Lipinski definition) is 4. The number of aryl methyl sites for hydroxylation is 1. The van der Waals surface area contributed by atoms with E-state index < -0.39 is 0 Å². The van der Waals surface area contributed by atoms with E-state index in [1.807, 2.05) is 18.5 Å². The van der Waals surface area contributed by atoms with E-state index in [-0.39, 0.29) is 5.41 Å². The second-order valence-electron chi connectivity index (χ2n) is 5.61. The molecule has 0 aliphatic heterocycles. The molecule has 0 aromatic carbocycles. The SMILES string of the molecule is Cc1nn(Cc2ncc(C(C)(C)C)o2)c(C)c1N. The Bertz CT molecular complexity index is 560. The van der Waals surface area contributed by atoms with Crippen LogP contribution in [0.1, 0.15) is 43.8 Å². The van der Waals surface area contributed by atoms with Gasteiger partial charge in [0.15, 0.2) is 0 Å². The summed E-state index contributed by atoms with van der Waals surface area (Å²) in [5, 5.41) is 4.37. The molecule has 0 radical (unpaired) electrons. The fourth-order valence-corrected chi connectivity index (χ4v) is 1.72. The summed E-state index contributed by atoms with van der Waals surface area (Å²) < 4.78 is 7.57. The molecule has 0 unspecified atom stereocenters. The highest BCUT2D eigenvalue weighted by atomic mass is 16.4. The van der Waals surface area contributed by atoms with E-state index in [9.17, 15) is 0 Å². The molecule has 18 heavy (non-hydrogen) atoms. The summed E-state index contributed by atoms with van der Waals surface area (Å²) in [6.45, 7) is 10.6. The minimum Gasteiger partial charge on any atom is -0.443 e. The Morgan fingerprint density at radius 2 is 2.00 bits per heavy atom. The Kier molecular flexibility index (Phi) is 2.92. The Morgan fingerprint density at radius 1 is 1.33 bits per heavy atom. The third kappa shape index (κ3) is 2.25. The van der Waals surface area contributed by atoms with Crippen molar-refractivity contribution in [3.63, 3.8) is 0 Å². The smallest absolute Gasteiger partial charge is 0.216 e. The second-order valence-corrected chi connectivity index (χ2v) is 5.61. The first kappa shape index (κ1) is 12.7. The molecule has 2 aromatic rings. The molecule has 5 nitrogen and oxygen atoms in total. The highest BCUT2D eigenvalue weighted by Gasteiger charge is 2.19. The number of anilines is 1. The summed E-state index contributed by atoms with van der Waals surface area (Å²) in [7, 11) is 0. The third-order valence-corrected chi connectivity index (χ3v) is 3.02. The molecule has 2 aromatic heterocycles. The summed E-state index contributed by atoms with van der Waals surface area (Å²) in [5.74, 6) is 1.54. The second kappa shape index (κ2) is 4.15. The predicted molar refractivity (Wildman–Crippen MR) is 70.4 cm³/mol. The lowest BCUT2D eigenvalue weighted by atomic mass is 9.94. The Balaban J connectivity index is 2.24. The zero-order valence-electron chi connectivity index (χ0n) is 11.6. The van der Waals surface area contributed by atoms with Crippen LogP contribution in [0.2, 0.25) is 0 Å². The van der Waals surface area contributed by atoms with E-state index in [2.05, 4.69) is 30.9 Å². The molecule has 2 N–H and O–H groups in total. The van der Waals surface area contributed by atoms with Crippen LogP contribution in [-0.4, -0.2) is 14.8 Å². The van der Waals surface area contributed by atoms with E-state index >= 15 is 0 Å². The van der Waals surface area contributed by atoms with Gasteiger partial charge in [-0.1, -0.05) is 20.8 Å². The van der Waals surface area contributed by atoms with Crippen LogP contribution in [0.25, 0.3) is 0 Å². The van der Waals surface area contributed by atoms with Crippen molar-refractivity contribution < 1.29 is 4.42 Å². The van der Waals surface area contributed by atoms with Crippen LogP contribution >= 0.6 is 0 Å². The van der Waals surface area contributed by atoms with E-state index in [1.165, 1.54) is 0 Å². The highest BCUT2D eigenvalue weighted by Crippen LogP contribution is 2.23. The Morgan fingerprint density at radius 3 is 2.44 bits per heavy atom. The number of rotatable bonds is 2. The lowest BCUT2D eigenvalue weighted by Crippen LogP contribution is -2.09. The van der Waals surface area contributed by atoms with Crippen LogP contribution in [0.3, 0.4) is 0 Å². The van der Waals surface area contributed by atoms with E-state index in [1.54, 1.807) is 6.20 Å². The molecule has 5 heteroatoms. The molecule has 0 saturated heterocycles. The third-order valence-electron chi connectivity index (χ3n) is 3.02. The fraction of sp³-hybridized carbons (Fsp3) is 0.538. The lowest BCUT2D eigenvalue weighted by Gasteiger charge is -2.13. The van der Waals surface area contributed by atoms with Crippen LogP contribution in [0.4, 0.5) is 5.69 Å². The first-order valence-electron chi connectivity index (χ1n) is 6.03. The van der Waals surface area contributed by atoms with E-state index in [0.717, 1.165) is 22.8 Å². The van der Waals surface area contributed by atoms with Crippen molar-refractivity contribution in [2.24, 2.45) is 0 Å². The van der Waals surface area contributed by atoms with Crippen molar-refractivity contribution >= 4 is 5.69 Å². The van der Waals surface area contributed by atoms with Gasteiger partial charge in [-0.2, -0.15) is 5.10 Å². The van der Waals surface area contributed by atoms with Gasteiger partial charge in [0.25, 0.3) is 0 Å². The summed E-state index contributed by atoms with van der Waals surface area (Å²) >= 11 is 0. The van der Waals surface area contributed by atoms with Crippen LogP contribution in [0.5, 0.6) is 0 Å². The predicted octanol–water partition coefficient (Wildman–Crippen LogP) is 2.42. The Labute approximate surface area is 107 Å². The molecule has 0 aliphatic carbocycles. The van der Waals surface area contributed by atoms with Crippen LogP contribution in [0.15, 0.2) is 10.6 Å². The normalized spacial score (nSPS) is 12.1. The molecule has 0 spiro atoms. The summed E-state index contributed by atoms with van der Waals surface area (Å²) in [4.78, 5) is 4.29. The number of nitrogens with zero attached hydrogens (tertiary/aromatic N) is 3. The lowest BCUT2D eigenvalue weighted by molar-refractivity contribution is 0.371. The van der Waals surface area contributed by atoms with Crippen LogP contribution < -0.4 is 5.73 Å². The molecule has 2 rings (SSSR count). The number of nitrogen functional groups attached to an aromatic ring is 1. The molecular weight excluding hydrogens is 228 g/mol. The minimum absolute atomic E-state index is 0.0284. The Hall–Kier alpha value is -1.78. The minimum atomic E-state index is -0.0284. The van der Waals surface area contributed by atoms with E-state index in [4.69, 9.17) is 10.2 Å². The number of nitrogens with two attached hydrogens (primary N) is 1. The van der Waals surface area contributed by atoms with E-state index in [0.29, 0.717) is 12.4 Å². The zero-order chi connectivity index (χ0) is 13.5. The average molecular weight is 248 g/mol. The van der Waals surface area contributed by atoms with Gasteiger partial charge in [-0.05, 0) is 13.8 Å². The molecule has 0 aliphatic rings. The number of hydrogen-bond donors (Lipinski definition) is 1. The monoisotopic (exact) mass is 248 g/mol. The first-order chi connectivity index (χ1) is 8.29. The first-order valence-corrected chi connectivity index (χ1v) is 6.03. The molecule has 0 fully saturated rings. The zero-order valence-corrected chi connectivity index (χ0v) is 11.6. The quantitative estimate of drug-likeness (QED) is 0.886. The topological polar surface area (TPSA) is 69.9 Å². The number of aromatic nitrogens is 3. The van der Waals surface area contributed by atoms with Crippen molar-refractivity contribution in [3.05, 3.63) is 29.2 Å². The van der Waals surface area contributed by atoms with Crippen molar-refractivity contribution in [2.45, 2.75) is 46.6 Å². The maximum Gasteiger partial charge on any atom is 0.216 e. The van der Waals surface area contributed by atoms with Crippen LogP contribution in [0, 0.1) is 13.8 Å². The maximum atomic E-state index is 5.90. The van der Waals surface area contributed by atoms with Gasteiger partial charge in [-0.25, -0.2) is 4.98 Å². The van der Waals surface area contributed by atoms with Gasteiger partial charge in [0, 0.05) is 5.41 Å². The standard InChI is InChI=1S/C13H20N4O/c1-8-12(14)9(2)17(16-8)7-11-15-6-10(18-11)13(3,4)5/h6H,7,14H2,1-5H3. The summed E-state index contributed by atoms with van der Waals surface area (Å²) in [6, 6.07) is 0. The summed E-state index contributed by atoms with van der Waals surface area (Å²) in [5.41, 5.74) is 8.39. The van der Waals surface area contributed by atoms with Gasteiger partial charge in [-0.3, -0.25) is 4.68 Å².